The topological polar surface area (TPSA) is 76.1 Å². The summed E-state index contributed by atoms with van der Waals surface area (Å²) in [5.41, 5.74) is 0.227. The lowest BCUT2D eigenvalue weighted by molar-refractivity contribution is -0.937. The highest BCUT2D eigenvalue weighted by Gasteiger charge is 2.67. The lowest BCUT2D eigenvalue weighted by Gasteiger charge is -2.62. The Morgan fingerprint density at radius 1 is 0.952 bits per heavy atom. The van der Waals surface area contributed by atoms with E-state index in [0.717, 1.165) is 62.6 Å². The molecule has 0 aromatic heterocycles. The Labute approximate surface area is 253 Å². The second-order valence-electron chi connectivity index (χ2n) is 15.8. The molecule has 6 fully saturated rings. The SMILES string of the molecule is C=CC[N+]1([C@H]2CC3C4CC[C@H]5C[C@H](OC(C)=O)[C@@H](N6CCC(O)CC6)C[C@]5(C)C4CC[C@]3(C)[C@H]2OC(C)=O)CCCC1. The lowest BCUT2D eigenvalue weighted by atomic mass is 9.44. The fraction of sp³-hybridized carbons (Fsp3) is 0.886. The van der Waals surface area contributed by atoms with Crippen molar-refractivity contribution in [2.75, 3.05) is 32.7 Å². The largest absolute Gasteiger partial charge is 0.461 e. The second-order valence-corrected chi connectivity index (χ2v) is 15.8. The maximum atomic E-state index is 12.6. The number of nitrogens with zero attached hydrogens (tertiary/aromatic N) is 2. The fourth-order valence-corrected chi connectivity index (χ4v) is 11.9. The highest BCUT2D eigenvalue weighted by Crippen LogP contribution is 2.68. The lowest BCUT2D eigenvalue weighted by Crippen LogP contribution is -2.61. The molecular formula is C35H57N2O5+. The first-order valence-corrected chi connectivity index (χ1v) is 17.2. The molecule has 10 atom stereocenters. The molecule has 1 N–H and O–H groups in total. The minimum atomic E-state index is -0.210. The molecule has 0 aromatic carbocycles. The van der Waals surface area contributed by atoms with Gasteiger partial charge in [-0.3, -0.25) is 14.5 Å². The van der Waals surface area contributed by atoms with Gasteiger partial charge in [-0.25, -0.2) is 0 Å². The maximum Gasteiger partial charge on any atom is 0.303 e. The molecule has 236 valence electrons. The van der Waals surface area contributed by atoms with Crippen LogP contribution in [0.4, 0.5) is 0 Å². The third kappa shape index (κ3) is 5.07. The van der Waals surface area contributed by atoms with Gasteiger partial charge in [0, 0.05) is 57.7 Å². The van der Waals surface area contributed by atoms with Gasteiger partial charge in [-0.05, 0) is 86.5 Å². The number of ether oxygens (including phenoxy) is 2. The van der Waals surface area contributed by atoms with E-state index in [1.807, 2.05) is 0 Å². The summed E-state index contributed by atoms with van der Waals surface area (Å²) in [5.74, 6) is 2.14. The van der Waals surface area contributed by atoms with Crippen LogP contribution in [0.25, 0.3) is 0 Å². The van der Waals surface area contributed by atoms with Crippen LogP contribution in [0.5, 0.6) is 0 Å². The van der Waals surface area contributed by atoms with E-state index in [9.17, 15) is 14.7 Å². The molecule has 7 heteroatoms. The summed E-state index contributed by atoms with van der Waals surface area (Å²) < 4.78 is 13.5. The number of hydrogen-bond donors (Lipinski definition) is 1. The number of esters is 2. The van der Waals surface area contributed by atoms with Gasteiger partial charge in [-0.2, -0.15) is 0 Å². The zero-order chi connectivity index (χ0) is 29.9. The summed E-state index contributed by atoms with van der Waals surface area (Å²) in [6, 6.07) is 0.590. The molecule has 2 saturated heterocycles. The van der Waals surface area contributed by atoms with Crippen molar-refractivity contribution < 1.29 is 28.7 Å². The third-order valence-electron chi connectivity index (χ3n) is 13.8. The first-order valence-electron chi connectivity index (χ1n) is 17.2. The normalized spacial score (nSPS) is 45.4. The average molecular weight is 586 g/mol. The standard InChI is InChI=1S/C35H57N2O5/c1-6-17-37(18-7-8-19-37)31-21-29-27-10-9-25-20-32(41-23(2)38)30(36-15-12-26(40)13-16-36)22-35(25,5)28(27)11-14-34(29,4)33(31)42-24(3)39/h6,25-33,40H,1,7-22H2,2-5H3/q+1/t25-,27?,28?,29?,30-,31-,32-,33-,34-,35-/m0/s1. The molecular weight excluding hydrogens is 528 g/mol. The monoisotopic (exact) mass is 585 g/mol. The van der Waals surface area contributed by atoms with Crippen LogP contribution in [0.2, 0.25) is 0 Å². The van der Waals surface area contributed by atoms with Crippen LogP contribution in [-0.4, -0.2) is 89.5 Å². The molecule has 2 aliphatic heterocycles. The predicted molar refractivity (Wildman–Crippen MR) is 162 cm³/mol. The number of rotatable bonds is 6. The molecule has 4 saturated carbocycles. The number of piperidine rings is 1. The van der Waals surface area contributed by atoms with E-state index in [1.165, 1.54) is 45.2 Å². The Kier molecular flexibility index (Phi) is 8.36. The van der Waals surface area contributed by atoms with E-state index in [4.69, 9.17) is 9.47 Å². The van der Waals surface area contributed by atoms with Gasteiger partial charge in [-0.15, -0.1) is 0 Å². The van der Waals surface area contributed by atoms with Crippen LogP contribution in [0.3, 0.4) is 0 Å². The Bertz CT molecular complexity index is 1030. The van der Waals surface area contributed by atoms with Crippen molar-refractivity contribution in [2.24, 2.45) is 34.5 Å². The van der Waals surface area contributed by atoms with E-state index in [0.29, 0.717) is 29.7 Å². The van der Waals surface area contributed by atoms with Crippen molar-refractivity contribution in [2.45, 2.75) is 129 Å². The van der Waals surface area contributed by atoms with Gasteiger partial charge in [-0.1, -0.05) is 20.4 Å². The van der Waals surface area contributed by atoms with Crippen LogP contribution in [-0.2, 0) is 19.1 Å². The number of aliphatic hydroxyl groups excluding tert-OH is 1. The second kappa shape index (κ2) is 11.5. The summed E-state index contributed by atoms with van der Waals surface area (Å²) in [6.07, 6.45) is 13.9. The zero-order valence-corrected chi connectivity index (χ0v) is 26.8. The van der Waals surface area contributed by atoms with Crippen molar-refractivity contribution in [1.29, 1.82) is 0 Å². The van der Waals surface area contributed by atoms with Gasteiger partial charge in [0.2, 0.25) is 0 Å². The minimum Gasteiger partial charge on any atom is -0.461 e. The van der Waals surface area contributed by atoms with Crippen molar-refractivity contribution in [3.63, 3.8) is 0 Å². The number of likely N-dealkylation sites (tertiary alicyclic amines) is 2. The molecule has 0 spiro atoms. The number of carbonyl (C=O) groups excluding carboxylic acids is 2. The maximum absolute atomic E-state index is 12.6. The molecule has 4 aliphatic carbocycles. The third-order valence-corrected chi connectivity index (χ3v) is 13.8. The number of hydrogen-bond acceptors (Lipinski definition) is 6. The fourth-order valence-electron chi connectivity index (χ4n) is 11.9. The number of fused-ring (bicyclic) bond motifs is 5. The smallest absolute Gasteiger partial charge is 0.303 e. The summed E-state index contributed by atoms with van der Waals surface area (Å²) in [5, 5.41) is 10.2. The number of quaternary nitrogens is 1. The van der Waals surface area contributed by atoms with Gasteiger partial charge < -0.3 is 19.1 Å². The number of aliphatic hydroxyl groups is 1. The molecule has 0 bridgehead atoms. The van der Waals surface area contributed by atoms with Crippen LogP contribution in [0.1, 0.15) is 98.3 Å². The van der Waals surface area contributed by atoms with Gasteiger partial charge in [0.1, 0.15) is 12.1 Å². The predicted octanol–water partition coefficient (Wildman–Crippen LogP) is 5.10. The van der Waals surface area contributed by atoms with E-state index in [1.54, 1.807) is 13.8 Å². The average Bonchev–Trinajstić information content (AvgIpc) is 3.52. The Balaban J connectivity index is 1.30. The van der Waals surface area contributed by atoms with Crippen molar-refractivity contribution in [3.8, 4) is 0 Å². The summed E-state index contributed by atoms with van der Waals surface area (Å²) >= 11 is 0. The molecule has 42 heavy (non-hydrogen) atoms. The quantitative estimate of drug-likeness (QED) is 0.266. The summed E-state index contributed by atoms with van der Waals surface area (Å²) in [4.78, 5) is 27.3. The molecule has 7 nitrogen and oxygen atoms in total. The Morgan fingerprint density at radius 3 is 2.29 bits per heavy atom. The Hall–Kier alpha value is -1.44. The van der Waals surface area contributed by atoms with Crippen molar-refractivity contribution in [1.82, 2.24) is 4.90 Å². The van der Waals surface area contributed by atoms with Gasteiger partial charge in [0.05, 0.1) is 25.7 Å². The van der Waals surface area contributed by atoms with Crippen molar-refractivity contribution >= 4 is 11.9 Å². The highest BCUT2D eigenvalue weighted by molar-refractivity contribution is 5.66. The number of carbonyl (C=O) groups is 2. The van der Waals surface area contributed by atoms with Crippen LogP contribution < -0.4 is 0 Å². The first kappa shape index (κ1) is 30.6. The van der Waals surface area contributed by atoms with E-state index >= 15 is 0 Å². The van der Waals surface area contributed by atoms with Gasteiger partial charge in [0.15, 0.2) is 6.10 Å². The van der Waals surface area contributed by atoms with Crippen molar-refractivity contribution in [3.05, 3.63) is 12.7 Å². The molecule has 6 rings (SSSR count). The van der Waals surface area contributed by atoms with E-state index in [2.05, 4.69) is 31.4 Å². The van der Waals surface area contributed by atoms with Gasteiger partial charge >= 0.3 is 11.9 Å². The Morgan fingerprint density at radius 2 is 1.64 bits per heavy atom. The summed E-state index contributed by atoms with van der Waals surface area (Å²) in [6.45, 7) is 17.5. The highest BCUT2D eigenvalue weighted by atomic mass is 16.5. The van der Waals surface area contributed by atoms with Gasteiger partial charge in [0.25, 0.3) is 0 Å². The van der Waals surface area contributed by atoms with Crippen LogP contribution in [0, 0.1) is 34.5 Å². The van der Waals surface area contributed by atoms with Crippen LogP contribution in [0.15, 0.2) is 12.7 Å². The summed E-state index contributed by atoms with van der Waals surface area (Å²) in [7, 11) is 0. The van der Waals surface area contributed by atoms with E-state index in [-0.39, 0.29) is 47.1 Å². The zero-order valence-electron chi connectivity index (χ0n) is 26.8. The molecule has 3 unspecified atom stereocenters. The molecule has 0 radical (unpaired) electrons. The minimum absolute atomic E-state index is 0.0169. The molecule has 0 amide bonds. The molecule has 0 aromatic rings. The van der Waals surface area contributed by atoms with Crippen LogP contribution >= 0.6 is 0 Å². The van der Waals surface area contributed by atoms with E-state index < -0.39 is 0 Å². The first-order chi connectivity index (χ1) is 20.0. The molecule has 6 aliphatic rings. The molecule has 2 heterocycles.